The van der Waals surface area contributed by atoms with Gasteiger partial charge in [-0.3, -0.25) is 10.1 Å². The molecular formula is C12H14N4O3. The zero-order valence-electron chi connectivity index (χ0n) is 10.6. The Balaban J connectivity index is 2.41. The molecule has 1 aromatic carbocycles. The monoisotopic (exact) mass is 262 g/mol. The Hall–Kier alpha value is -2.28. The fourth-order valence-electron chi connectivity index (χ4n) is 1.59. The fourth-order valence-corrected chi connectivity index (χ4v) is 1.59. The molecule has 1 atom stereocenters. The van der Waals surface area contributed by atoms with Crippen molar-refractivity contribution in [1.29, 1.82) is 0 Å². The van der Waals surface area contributed by atoms with Crippen molar-refractivity contribution in [2.75, 3.05) is 0 Å². The second-order valence-electron chi connectivity index (χ2n) is 4.50. The molecule has 7 heteroatoms. The van der Waals surface area contributed by atoms with E-state index in [0.29, 0.717) is 5.56 Å². The number of aromatic nitrogens is 2. The van der Waals surface area contributed by atoms with Crippen LogP contribution in [0.1, 0.15) is 25.8 Å². The van der Waals surface area contributed by atoms with Crippen LogP contribution >= 0.6 is 0 Å². The van der Waals surface area contributed by atoms with Gasteiger partial charge in [0.15, 0.2) is 0 Å². The fraction of sp³-hybridized carbons (Fsp3) is 0.333. The van der Waals surface area contributed by atoms with E-state index >= 15 is 0 Å². The summed E-state index contributed by atoms with van der Waals surface area (Å²) in [4.78, 5) is 14.6. The lowest BCUT2D eigenvalue weighted by Gasteiger charge is -2.09. The second-order valence-corrected chi connectivity index (χ2v) is 4.50. The highest BCUT2D eigenvalue weighted by atomic mass is 16.6. The highest BCUT2D eigenvalue weighted by Crippen LogP contribution is 2.28. The Bertz CT molecular complexity index is 594. The number of nitrogens with two attached hydrogens (primary N) is 1. The molecule has 0 saturated heterocycles. The van der Waals surface area contributed by atoms with Crippen molar-refractivity contribution in [3.8, 4) is 11.4 Å². The van der Waals surface area contributed by atoms with Gasteiger partial charge >= 0.3 is 0 Å². The van der Waals surface area contributed by atoms with E-state index in [1.165, 1.54) is 6.07 Å². The van der Waals surface area contributed by atoms with E-state index < -0.39 is 4.92 Å². The third-order valence-electron chi connectivity index (χ3n) is 2.79. The molecule has 2 N–H and O–H groups in total. The smallest absolute Gasteiger partial charge is 0.280 e. The summed E-state index contributed by atoms with van der Waals surface area (Å²) in [7, 11) is 0. The quantitative estimate of drug-likeness (QED) is 0.669. The van der Waals surface area contributed by atoms with Crippen molar-refractivity contribution in [2.45, 2.75) is 19.9 Å². The Kier molecular flexibility index (Phi) is 3.57. The van der Waals surface area contributed by atoms with Gasteiger partial charge in [0.05, 0.1) is 11.0 Å². The molecule has 7 nitrogen and oxygen atoms in total. The summed E-state index contributed by atoms with van der Waals surface area (Å²) in [6.45, 7) is 3.86. The van der Waals surface area contributed by atoms with Crippen LogP contribution in [-0.2, 0) is 0 Å². The van der Waals surface area contributed by atoms with Crippen molar-refractivity contribution in [3.63, 3.8) is 0 Å². The number of para-hydroxylation sites is 1. The van der Waals surface area contributed by atoms with Gasteiger partial charge in [-0.25, -0.2) is 0 Å². The molecule has 100 valence electrons. The average molecular weight is 262 g/mol. The Labute approximate surface area is 109 Å². The molecule has 1 heterocycles. The first-order valence-corrected chi connectivity index (χ1v) is 5.83. The third-order valence-corrected chi connectivity index (χ3v) is 2.79. The summed E-state index contributed by atoms with van der Waals surface area (Å²) in [6, 6.07) is 5.86. The maximum Gasteiger partial charge on any atom is 0.280 e. The molecule has 0 spiro atoms. The minimum absolute atomic E-state index is 0.0621. The standard InChI is InChI=1S/C12H14N4O3/c1-7(2)10(13)12-14-11(15-19-12)8-5-3-4-6-9(8)16(17)18/h3-7,10H,13H2,1-2H3/t10-/m1/s1. The number of hydrogen-bond donors (Lipinski definition) is 1. The van der Waals surface area contributed by atoms with E-state index in [4.69, 9.17) is 10.3 Å². The van der Waals surface area contributed by atoms with Gasteiger partial charge in [0.1, 0.15) is 5.56 Å². The predicted molar refractivity (Wildman–Crippen MR) is 68.2 cm³/mol. The first kappa shape index (κ1) is 13.2. The molecule has 0 unspecified atom stereocenters. The predicted octanol–water partition coefficient (Wildman–Crippen LogP) is 2.30. The van der Waals surface area contributed by atoms with E-state index in [1.54, 1.807) is 18.2 Å². The summed E-state index contributed by atoms with van der Waals surface area (Å²) in [5.74, 6) is 0.598. The molecule has 1 aromatic heterocycles. The molecule has 19 heavy (non-hydrogen) atoms. The molecule has 0 bridgehead atoms. The number of nitro groups is 1. The Morgan fingerprint density at radius 1 is 1.37 bits per heavy atom. The lowest BCUT2D eigenvalue weighted by Crippen LogP contribution is -2.16. The number of rotatable bonds is 4. The minimum atomic E-state index is -0.478. The van der Waals surface area contributed by atoms with Gasteiger partial charge in [0.25, 0.3) is 5.69 Å². The summed E-state index contributed by atoms with van der Waals surface area (Å²) < 4.78 is 5.07. The maximum atomic E-state index is 10.9. The summed E-state index contributed by atoms with van der Waals surface area (Å²) in [6.07, 6.45) is 0. The molecule has 2 aromatic rings. The molecule has 0 radical (unpaired) electrons. The van der Waals surface area contributed by atoms with Crippen LogP contribution in [0.3, 0.4) is 0 Å². The van der Waals surface area contributed by atoms with Crippen molar-refractivity contribution in [3.05, 3.63) is 40.3 Å². The van der Waals surface area contributed by atoms with Crippen LogP contribution in [0.15, 0.2) is 28.8 Å². The highest BCUT2D eigenvalue weighted by Gasteiger charge is 2.22. The Morgan fingerprint density at radius 2 is 2.05 bits per heavy atom. The first-order valence-electron chi connectivity index (χ1n) is 5.83. The summed E-state index contributed by atoms with van der Waals surface area (Å²) >= 11 is 0. The normalized spacial score (nSPS) is 12.6. The first-order chi connectivity index (χ1) is 9.00. The molecular weight excluding hydrogens is 248 g/mol. The zero-order chi connectivity index (χ0) is 14.0. The second kappa shape index (κ2) is 5.15. The number of nitrogens with zero attached hydrogens (tertiary/aromatic N) is 3. The molecule has 0 aliphatic heterocycles. The molecule has 0 aliphatic carbocycles. The molecule has 0 saturated carbocycles. The number of nitro benzene ring substituents is 1. The van der Waals surface area contributed by atoms with Gasteiger partial charge in [0, 0.05) is 6.07 Å². The largest absolute Gasteiger partial charge is 0.337 e. The number of benzene rings is 1. The van der Waals surface area contributed by atoms with Crippen molar-refractivity contribution in [1.82, 2.24) is 10.1 Å². The molecule has 0 amide bonds. The van der Waals surface area contributed by atoms with Crippen LogP contribution < -0.4 is 5.73 Å². The van der Waals surface area contributed by atoms with Crippen molar-refractivity contribution in [2.24, 2.45) is 11.7 Å². The van der Waals surface area contributed by atoms with E-state index in [1.807, 2.05) is 13.8 Å². The summed E-state index contributed by atoms with van der Waals surface area (Å²) in [5.41, 5.74) is 6.15. The van der Waals surface area contributed by atoms with Gasteiger partial charge in [-0.15, -0.1) is 0 Å². The van der Waals surface area contributed by atoms with Gasteiger partial charge in [-0.1, -0.05) is 31.1 Å². The van der Waals surface area contributed by atoms with Crippen LogP contribution in [0.25, 0.3) is 11.4 Å². The number of hydrogen-bond acceptors (Lipinski definition) is 6. The maximum absolute atomic E-state index is 10.9. The molecule has 0 aliphatic rings. The van der Waals surface area contributed by atoms with Crippen LogP contribution in [0.5, 0.6) is 0 Å². The van der Waals surface area contributed by atoms with Crippen molar-refractivity contribution >= 4 is 5.69 Å². The minimum Gasteiger partial charge on any atom is -0.337 e. The van der Waals surface area contributed by atoms with Crippen molar-refractivity contribution < 1.29 is 9.45 Å². The lowest BCUT2D eigenvalue weighted by atomic mass is 10.1. The van der Waals surface area contributed by atoms with E-state index in [9.17, 15) is 10.1 Å². The third kappa shape index (κ3) is 2.60. The van der Waals surface area contributed by atoms with Crippen LogP contribution in [0.2, 0.25) is 0 Å². The van der Waals surface area contributed by atoms with E-state index in [0.717, 1.165) is 0 Å². The van der Waals surface area contributed by atoms with Crippen LogP contribution in [0, 0.1) is 16.0 Å². The van der Waals surface area contributed by atoms with E-state index in [2.05, 4.69) is 10.1 Å². The lowest BCUT2D eigenvalue weighted by molar-refractivity contribution is -0.384. The van der Waals surface area contributed by atoms with Gasteiger partial charge in [-0.2, -0.15) is 4.98 Å². The molecule has 2 rings (SSSR count). The zero-order valence-corrected chi connectivity index (χ0v) is 10.6. The van der Waals surface area contributed by atoms with Gasteiger partial charge in [0.2, 0.25) is 11.7 Å². The topological polar surface area (TPSA) is 108 Å². The Morgan fingerprint density at radius 3 is 2.68 bits per heavy atom. The van der Waals surface area contributed by atoms with Gasteiger partial charge < -0.3 is 10.3 Å². The van der Waals surface area contributed by atoms with Gasteiger partial charge in [-0.05, 0) is 12.0 Å². The highest BCUT2D eigenvalue weighted by molar-refractivity contribution is 5.67. The van der Waals surface area contributed by atoms with Crippen LogP contribution in [-0.4, -0.2) is 15.1 Å². The van der Waals surface area contributed by atoms with E-state index in [-0.39, 0.29) is 29.4 Å². The SMILES string of the molecule is CC(C)[C@@H](N)c1nc(-c2ccccc2[N+](=O)[O-])no1. The molecule has 0 fully saturated rings. The average Bonchev–Trinajstić information content (AvgIpc) is 2.87. The van der Waals surface area contributed by atoms with Crippen LogP contribution in [0.4, 0.5) is 5.69 Å². The summed E-state index contributed by atoms with van der Waals surface area (Å²) in [5, 5.41) is 14.7.